The molecule has 0 aliphatic carbocycles. The largest absolute Gasteiger partial charge is 0.397 e. The van der Waals surface area contributed by atoms with Crippen LogP contribution in [0.2, 0.25) is 0 Å². The average Bonchev–Trinajstić information content (AvgIpc) is 2.33. The molecule has 0 aromatic carbocycles. The predicted molar refractivity (Wildman–Crippen MR) is 63.7 cm³/mol. The minimum atomic E-state index is 0.00331. The molecular weight excluding hydrogens is 204 g/mol. The van der Waals surface area contributed by atoms with Crippen molar-refractivity contribution in [2.75, 3.05) is 17.7 Å². The van der Waals surface area contributed by atoms with Gasteiger partial charge in [0.15, 0.2) is 0 Å². The Morgan fingerprint density at radius 2 is 2.44 bits per heavy atom. The highest BCUT2D eigenvalue weighted by Crippen LogP contribution is 2.18. The summed E-state index contributed by atoms with van der Waals surface area (Å²) in [6.45, 7) is 0.784. The standard InChI is InChI=1S/C11H16N4O/c12-6-8-5-9(13)7-14-11(8)15-10-3-1-2-4-16-10/h5-7,10,12H,1-4,13H2,(H,14,15). The van der Waals surface area contributed by atoms with Crippen LogP contribution >= 0.6 is 0 Å². The van der Waals surface area contributed by atoms with E-state index < -0.39 is 0 Å². The van der Waals surface area contributed by atoms with Gasteiger partial charge in [-0.25, -0.2) is 4.98 Å². The lowest BCUT2D eigenvalue weighted by molar-refractivity contribution is 0.0341. The van der Waals surface area contributed by atoms with Crippen LogP contribution in [-0.2, 0) is 4.74 Å². The molecule has 1 saturated heterocycles. The van der Waals surface area contributed by atoms with Gasteiger partial charge in [0.2, 0.25) is 0 Å². The fraction of sp³-hybridized carbons (Fsp3) is 0.455. The molecule has 1 unspecified atom stereocenters. The number of hydrogen-bond donors (Lipinski definition) is 3. The molecule has 5 heteroatoms. The first-order chi connectivity index (χ1) is 7.79. The summed E-state index contributed by atoms with van der Waals surface area (Å²) < 4.78 is 5.55. The van der Waals surface area contributed by atoms with Crippen LogP contribution in [0.5, 0.6) is 0 Å². The summed E-state index contributed by atoms with van der Waals surface area (Å²) in [4.78, 5) is 4.18. The van der Waals surface area contributed by atoms with Gasteiger partial charge in [-0.2, -0.15) is 0 Å². The third-order valence-corrected chi connectivity index (χ3v) is 2.57. The summed E-state index contributed by atoms with van der Waals surface area (Å²) >= 11 is 0. The number of nitrogens with two attached hydrogens (primary N) is 1. The lowest BCUT2D eigenvalue weighted by atomic mass is 10.2. The van der Waals surface area contributed by atoms with E-state index >= 15 is 0 Å². The molecule has 0 bridgehead atoms. The van der Waals surface area contributed by atoms with Crippen molar-refractivity contribution in [3.05, 3.63) is 17.8 Å². The van der Waals surface area contributed by atoms with Gasteiger partial charge >= 0.3 is 0 Å². The molecule has 1 aliphatic rings. The van der Waals surface area contributed by atoms with Crippen LogP contribution in [0.15, 0.2) is 12.3 Å². The Bertz CT molecular complexity index is 374. The second-order valence-electron chi connectivity index (χ2n) is 3.85. The van der Waals surface area contributed by atoms with Crippen LogP contribution < -0.4 is 11.1 Å². The molecular formula is C11H16N4O. The zero-order valence-electron chi connectivity index (χ0n) is 9.07. The number of nitrogen functional groups attached to an aromatic ring is 1. The number of aromatic nitrogens is 1. The smallest absolute Gasteiger partial charge is 0.136 e. The van der Waals surface area contributed by atoms with Crippen LogP contribution in [0.1, 0.15) is 24.8 Å². The Kier molecular flexibility index (Phi) is 3.36. The molecule has 0 spiro atoms. The number of hydrogen-bond acceptors (Lipinski definition) is 5. The molecule has 0 amide bonds. The average molecular weight is 220 g/mol. The van der Waals surface area contributed by atoms with E-state index in [2.05, 4.69) is 10.3 Å². The van der Waals surface area contributed by atoms with Crippen molar-refractivity contribution in [3.63, 3.8) is 0 Å². The molecule has 0 saturated carbocycles. The molecule has 0 radical (unpaired) electrons. The molecule has 5 nitrogen and oxygen atoms in total. The van der Waals surface area contributed by atoms with Crippen LogP contribution in [-0.4, -0.2) is 24.0 Å². The van der Waals surface area contributed by atoms with Crippen molar-refractivity contribution in [3.8, 4) is 0 Å². The normalized spacial score (nSPS) is 20.4. The van der Waals surface area contributed by atoms with Gasteiger partial charge in [-0.15, -0.1) is 0 Å². The zero-order valence-corrected chi connectivity index (χ0v) is 9.07. The Morgan fingerprint density at radius 1 is 1.56 bits per heavy atom. The van der Waals surface area contributed by atoms with Gasteiger partial charge in [-0.05, 0) is 25.3 Å². The summed E-state index contributed by atoms with van der Waals surface area (Å²) in [6, 6.07) is 1.73. The first kappa shape index (κ1) is 10.9. The van der Waals surface area contributed by atoms with E-state index in [1.165, 1.54) is 6.21 Å². The van der Waals surface area contributed by atoms with Crippen LogP contribution in [0.4, 0.5) is 11.5 Å². The van der Waals surface area contributed by atoms with Gasteiger partial charge in [0.05, 0.1) is 11.9 Å². The quantitative estimate of drug-likeness (QED) is 0.675. The van der Waals surface area contributed by atoms with Crippen molar-refractivity contribution < 1.29 is 4.74 Å². The number of rotatable bonds is 3. The van der Waals surface area contributed by atoms with Gasteiger partial charge in [0, 0.05) is 18.4 Å². The van der Waals surface area contributed by atoms with Gasteiger partial charge in [-0.1, -0.05) is 0 Å². The summed E-state index contributed by atoms with van der Waals surface area (Å²) in [5.74, 6) is 0.663. The van der Waals surface area contributed by atoms with Crippen LogP contribution in [0.3, 0.4) is 0 Å². The first-order valence-corrected chi connectivity index (χ1v) is 5.44. The van der Waals surface area contributed by atoms with Crippen molar-refractivity contribution in [2.45, 2.75) is 25.5 Å². The predicted octanol–water partition coefficient (Wildman–Crippen LogP) is 1.60. The van der Waals surface area contributed by atoms with Gasteiger partial charge in [-0.3, -0.25) is 0 Å². The van der Waals surface area contributed by atoms with Gasteiger partial charge in [0.25, 0.3) is 0 Å². The van der Waals surface area contributed by atoms with E-state index in [9.17, 15) is 0 Å². The highest BCUT2D eigenvalue weighted by Gasteiger charge is 2.15. The number of nitrogens with zero attached hydrogens (tertiary/aromatic N) is 1. The van der Waals surface area contributed by atoms with Crippen LogP contribution in [0, 0.1) is 5.41 Å². The molecule has 1 aliphatic heterocycles. The topological polar surface area (TPSA) is 84.0 Å². The lowest BCUT2D eigenvalue weighted by Crippen LogP contribution is -2.28. The van der Waals surface area contributed by atoms with E-state index in [1.54, 1.807) is 12.3 Å². The highest BCUT2D eigenvalue weighted by atomic mass is 16.5. The summed E-state index contributed by atoms with van der Waals surface area (Å²) in [6.07, 6.45) is 6.08. The first-order valence-electron chi connectivity index (χ1n) is 5.44. The zero-order chi connectivity index (χ0) is 11.4. The summed E-state index contributed by atoms with van der Waals surface area (Å²) in [5, 5.41) is 10.5. The second-order valence-corrected chi connectivity index (χ2v) is 3.85. The van der Waals surface area contributed by atoms with Crippen LogP contribution in [0.25, 0.3) is 0 Å². The molecule has 1 fully saturated rings. The SMILES string of the molecule is N=Cc1cc(N)cnc1NC1CCCCO1. The van der Waals surface area contributed by atoms with Crippen molar-refractivity contribution in [1.82, 2.24) is 4.98 Å². The Balaban J connectivity index is 2.10. The second kappa shape index (κ2) is 4.94. The maximum atomic E-state index is 7.30. The molecule has 86 valence electrons. The molecule has 2 heterocycles. The molecule has 2 rings (SSSR count). The van der Waals surface area contributed by atoms with Gasteiger partial charge in [0.1, 0.15) is 12.0 Å². The third-order valence-electron chi connectivity index (χ3n) is 2.57. The minimum Gasteiger partial charge on any atom is -0.397 e. The third kappa shape index (κ3) is 2.49. The number of nitrogens with one attached hydrogen (secondary N) is 2. The van der Waals surface area contributed by atoms with Crippen molar-refractivity contribution in [2.24, 2.45) is 0 Å². The maximum absolute atomic E-state index is 7.30. The Labute approximate surface area is 94.5 Å². The monoisotopic (exact) mass is 220 g/mol. The van der Waals surface area contributed by atoms with E-state index in [0.29, 0.717) is 17.1 Å². The highest BCUT2D eigenvalue weighted by molar-refractivity contribution is 5.85. The number of pyridine rings is 1. The molecule has 16 heavy (non-hydrogen) atoms. The molecule has 4 N–H and O–H groups in total. The Hall–Kier alpha value is -1.62. The number of anilines is 2. The molecule has 1 aromatic rings. The van der Waals surface area contributed by atoms with E-state index in [1.807, 2.05) is 0 Å². The fourth-order valence-electron chi connectivity index (χ4n) is 1.74. The van der Waals surface area contributed by atoms with E-state index in [-0.39, 0.29) is 6.23 Å². The number of ether oxygens (including phenoxy) is 1. The molecule has 1 aromatic heterocycles. The summed E-state index contributed by atoms with van der Waals surface area (Å²) in [5.41, 5.74) is 6.86. The van der Waals surface area contributed by atoms with Gasteiger partial charge < -0.3 is 21.2 Å². The lowest BCUT2D eigenvalue weighted by Gasteiger charge is -2.24. The van der Waals surface area contributed by atoms with Crippen molar-refractivity contribution >= 4 is 17.7 Å². The molecule has 1 atom stereocenters. The Morgan fingerprint density at radius 3 is 3.12 bits per heavy atom. The summed E-state index contributed by atoms with van der Waals surface area (Å²) in [7, 11) is 0. The van der Waals surface area contributed by atoms with E-state index in [4.69, 9.17) is 15.9 Å². The van der Waals surface area contributed by atoms with Crippen molar-refractivity contribution in [1.29, 1.82) is 5.41 Å². The fourth-order valence-corrected chi connectivity index (χ4v) is 1.74. The maximum Gasteiger partial charge on any atom is 0.136 e. The van der Waals surface area contributed by atoms with E-state index in [0.717, 1.165) is 25.9 Å². The minimum absolute atomic E-state index is 0.00331.